The molecule has 3 rings (SSSR count). The molecule has 92 valence electrons. The Morgan fingerprint density at radius 3 is 2.89 bits per heavy atom. The van der Waals surface area contributed by atoms with E-state index in [0.717, 1.165) is 16.1 Å². The van der Waals surface area contributed by atoms with Crippen LogP contribution in [0.1, 0.15) is 4.88 Å². The van der Waals surface area contributed by atoms with E-state index in [1.165, 1.54) is 11.3 Å². The number of benzene rings is 1. The number of anilines is 1. The van der Waals surface area contributed by atoms with Gasteiger partial charge in [-0.05, 0) is 25.1 Å². The Morgan fingerprint density at radius 1 is 1.33 bits per heavy atom. The highest BCUT2D eigenvalue weighted by atomic mass is 32.1. The molecular weight excluding hydrogens is 252 g/mol. The van der Waals surface area contributed by atoms with Gasteiger partial charge in [0.25, 0.3) is 5.91 Å². The van der Waals surface area contributed by atoms with Crippen LogP contribution in [0.3, 0.4) is 0 Å². The molecule has 1 amide bonds. The molecule has 1 aliphatic heterocycles. The predicted octanol–water partition coefficient (Wildman–Crippen LogP) is 1.74. The van der Waals surface area contributed by atoms with Crippen molar-refractivity contribution < 1.29 is 9.53 Å². The number of aryl methyl sites for hydroxylation is 1. The van der Waals surface area contributed by atoms with Crippen LogP contribution in [-0.4, -0.2) is 17.5 Å². The zero-order valence-electron chi connectivity index (χ0n) is 9.57. The third-order valence-electron chi connectivity index (χ3n) is 2.73. The predicted molar refractivity (Wildman–Crippen MR) is 69.2 cm³/mol. The highest BCUT2D eigenvalue weighted by molar-refractivity contribution is 7.09. The maximum atomic E-state index is 11.3. The van der Waals surface area contributed by atoms with Crippen LogP contribution in [0.25, 0.3) is 11.3 Å². The fraction of sp³-hybridized carbons (Fsp3) is 0.167. The van der Waals surface area contributed by atoms with Gasteiger partial charge in [0.1, 0.15) is 5.75 Å². The summed E-state index contributed by atoms with van der Waals surface area (Å²) in [5.41, 5.74) is 2.28. The lowest BCUT2D eigenvalue weighted by molar-refractivity contribution is -0.118. The molecule has 0 spiro atoms. The fourth-order valence-corrected chi connectivity index (χ4v) is 2.62. The molecule has 1 aromatic heterocycles. The van der Waals surface area contributed by atoms with Crippen molar-refractivity contribution in [1.82, 2.24) is 4.98 Å². The van der Waals surface area contributed by atoms with E-state index in [9.17, 15) is 9.59 Å². The molecule has 18 heavy (non-hydrogen) atoms. The smallest absolute Gasteiger partial charge is 0.305 e. The molecule has 0 saturated heterocycles. The van der Waals surface area contributed by atoms with Gasteiger partial charge in [-0.1, -0.05) is 11.3 Å². The van der Waals surface area contributed by atoms with Crippen molar-refractivity contribution in [3.05, 3.63) is 32.7 Å². The van der Waals surface area contributed by atoms with E-state index in [1.54, 1.807) is 12.1 Å². The van der Waals surface area contributed by atoms with Gasteiger partial charge in [0.05, 0.1) is 11.4 Å². The maximum Gasteiger partial charge on any atom is 0.305 e. The first-order chi connectivity index (χ1) is 8.63. The molecule has 0 radical (unpaired) electrons. The first-order valence-electron chi connectivity index (χ1n) is 5.40. The largest absolute Gasteiger partial charge is 0.482 e. The Labute approximate surface area is 106 Å². The fourth-order valence-electron chi connectivity index (χ4n) is 1.92. The zero-order valence-corrected chi connectivity index (χ0v) is 10.4. The second-order valence-corrected chi connectivity index (χ2v) is 5.18. The van der Waals surface area contributed by atoms with Gasteiger partial charge in [0.15, 0.2) is 6.61 Å². The summed E-state index contributed by atoms with van der Waals surface area (Å²) in [4.78, 5) is 26.2. The van der Waals surface area contributed by atoms with E-state index in [4.69, 9.17) is 4.74 Å². The summed E-state index contributed by atoms with van der Waals surface area (Å²) in [6.07, 6.45) is 0. The van der Waals surface area contributed by atoms with Crippen LogP contribution in [0.4, 0.5) is 5.69 Å². The number of aromatic amines is 1. The second kappa shape index (κ2) is 3.99. The molecule has 2 heterocycles. The van der Waals surface area contributed by atoms with Crippen molar-refractivity contribution in [2.24, 2.45) is 0 Å². The number of amides is 1. The Kier molecular flexibility index (Phi) is 2.45. The zero-order chi connectivity index (χ0) is 12.7. The number of nitrogens with one attached hydrogen (secondary N) is 2. The van der Waals surface area contributed by atoms with E-state index in [-0.39, 0.29) is 17.4 Å². The molecule has 6 heteroatoms. The number of hydrogen-bond donors (Lipinski definition) is 2. The molecule has 2 N–H and O–H groups in total. The number of fused-ring (bicyclic) bond motifs is 1. The summed E-state index contributed by atoms with van der Waals surface area (Å²) in [5, 5.41) is 2.74. The quantitative estimate of drug-likeness (QED) is 0.822. The van der Waals surface area contributed by atoms with E-state index in [1.807, 2.05) is 13.0 Å². The minimum Gasteiger partial charge on any atom is -0.482 e. The summed E-state index contributed by atoms with van der Waals surface area (Å²) >= 11 is 1.17. The molecule has 5 nitrogen and oxygen atoms in total. The first kappa shape index (κ1) is 11.0. The van der Waals surface area contributed by atoms with E-state index < -0.39 is 0 Å². The topological polar surface area (TPSA) is 71.2 Å². The van der Waals surface area contributed by atoms with Crippen LogP contribution < -0.4 is 14.9 Å². The Balaban J connectivity index is 2.09. The number of ether oxygens (including phenoxy) is 1. The molecule has 0 fully saturated rings. The second-order valence-electron chi connectivity index (χ2n) is 3.99. The molecule has 2 aromatic rings. The molecule has 0 atom stereocenters. The molecule has 0 unspecified atom stereocenters. The van der Waals surface area contributed by atoms with Gasteiger partial charge in [0, 0.05) is 10.4 Å². The van der Waals surface area contributed by atoms with Gasteiger partial charge in [-0.15, -0.1) is 0 Å². The van der Waals surface area contributed by atoms with Crippen LogP contribution in [0.5, 0.6) is 5.75 Å². The van der Waals surface area contributed by atoms with Gasteiger partial charge in [-0.2, -0.15) is 0 Å². The molecular formula is C12H10N2O3S. The van der Waals surface area contributed by atoms with Crippen molar-refractivity contribution in [2.45, 2.75) is 6.92 Å². The van der Waals surface area contributed by atoms with Crippen molar-refractivity contribution in [3.63, 3.8) is 0 Å². The SMILES string of the molecule is Cc1sc(=O)[nH]c1-c1ccc2c(c1)NC(=O)CO2. The molecule has 0 bridgehead atoms. The lowest BCUT2D eigenvalue weighted by Gasteiger charge is -2.18. The molecule has 1 aliphatic rings. The van der Waals surface area contributed by atoms with E-state index in [0.29, 0.717) is 11.4 Å². The minimum atomic E-state index is -0.171. The van der Waals surface area contributed by atoms with Crippen molar-refractivity contribution >= 4 is 22.9 Å². The Hall–Kier alpha value is -2.08. The summed E-state index contributed by atoms with van der Waals surface area (Å²) in [6, 6.07) is 5.46. The molecule has 0 aliphatic carbocycles. The number of rotatable bonds is 1. The van der Waals surface area contributed by atoms with Crippen LogP contribution >= 0.6 is 11.3 Å². The number of hydrogen-bond acceptors (Lipinski definition) is 4. The molecule has 1 aromatic carbocycles. The number of carbonyl (C=O) groups excluding carboxylic acids is 1. The van der Waals surface area contributed by atoms with E-state index in [2.05, 4.69) is 10.3 Å². The van der Waals surface area contributed by atoms with Crippen LogP contribution in [0.2, 0.25) is 0 Å². The van der Waals surface area contributed by atoms with Gasteiger partial charge >= 0.3 is 4.87 Å². The standard InChI is InChI=1S/C12H10N2O3S/c1-6-11(14-12(16)18-6)7-2-3-9-8(4-7)13-10(15)5-17-9/h2-4H,5H2,1H3,(H,13,15)(H,14,16). The normalized spacial score (nSPS) is 13.7. The van der Waals surface area contributed by atoms with Gasteiger partial charge < -0.3 is 15.0 Å². The van der Waals surface area contributed by atoms with Crippen molar-refractivity contribution in [2.75, 3.05) is 11.9 Å². The first-order valence-corrected chi connectivity index (χ1v) is 6.22. The average molecular weight is 262 g/mol. The highest BCUT2D eigenvalue weighted by Gasteiger charge is 2.17. The van der Waals surface area contributed by atoms with E-state index >= 15 is 0 Å². The van der Waals surface area contributed by atoms with Crippen molar-refractivity contribution in [1.29, 1.82) is 0 Å². The summed E-state index contributed by atoms with van der Waals surface area (Å²) in [6.45, 7) is 1.92. The Bertz CT molecular complexity index is 687. The lowest BCUT2D eigenvalue weighted by Crippen LogP contribution is -2.25. The third-order valence-corrected chi connectivity index (χ3v) is 3.52. The number of H-pyrrole nitrogens is 1. The number of aromatic nitrogens is 1. The summed E-state index contributed by atoms with van der Waals surface area (Å²) in [7, 11) is 0. The summed E-state index contributed by atoms with van der Waals surface area (Å²) < 4.78 is 5.28. The van der Waals surface area contributed by atoms with Gasteiger partial charge in [-0.3, -0.25) is 9.59 Å². The maximum absolute atomic E-state index is 11.3. The van der Waals surface area contributed by atoms with Gasteiger partial charge in [-0.25, -0.2) is 0 Å². The monoisotopic (exact) mass is 262 g/mol. The molecule has 0 saturated carbocycles. The summed E-state index contributed by atoms with van der Waals surface area (Å²) in [5.74, 6) is 0.476. The van der Waals surface area contributed by atoms with Crippen LogP contribution in [0.15, 0.2) is 23.0 Å². The van der Waals surface area contributed by atoms with Crippen LogP contribution in [0, 0.1) is 6.92 Å². The van der Waals surface area contributed by atoms with Crippen LogP contribution in [-0.2, 0) is 4.79 Å². The van der Waals surface area contributed by atoms with Gasteiger partial charge in [0.2, 0.25) is 0 Å². The number of thiazole rings is 1. The Morgan fingerprint density at radius 2 is 2.17 bits per heavy atom. The average Bonchev–Trinajstić information content (AvgIpc) is 2.67. The van der Waals surface area contributed by atoms with Crippen molar-refractivity contribution in [3.8, 4) is 17.0 Å². The lowest BCUT2D eigenvalue weighted by atomic mass is 10.1. The minimum absolute atomic E-state index is 0.0423. The third kappa shape index (κ3) is 1.80. The highest BCUT2D eigenvalue weighted by Crippen LogP contribution is 2.33. The number of carbonyl (C=O) groups is 1.